The number of ether oxygens (including phenoxy) is 1. The highest BCUT2D eigenvalue weighted by Crippen LogP contribution is 2.30. The molecule has 2 saturated heterocycles. The lowest BCUT2D eigenvalue weighted by Gasteiger charge is -2.35. The van der Waals surface area contributed by atoms with Crippen molar-refractivity contribution in [1.29, 1.82) is 0 Å². The Labute approximate surface area is 178 Å². The van der Waals surface area contributed by atoms with Crippen molar-refractivity contribution in [3.8, 4) is 11.4 Å². The van der Waals surface area contributed by atoms with E-state index in [1.54, 1.807) is 0 Å². The van der Waals surface area contributed by atoms with E-state index < -0.39 is 0 Å². The predicted octanol–water partition coefficient (Wildman–Crippen LogP) is 3.28. The third-order valence-electron chi connectivity index (χ3n) is 6.23. The van der Waals surface area contributed by atoms with Gasteiger partial charge in [0.1, 0.15) is 5.82 Å². The number of anilines is 2. The van der Waals surface area contributed by atoms with Gasteiger partial charge in [0.25, 0.3) is 0 Å². The summed E-state index contributed by atoms with van der Waals surface area (Å²) in [4.78, 5) is 17.1. The molecule has 4 heterocycles. The van der Waals surface area contributed by atoms with E-state index in [1.165, 1.54) is 10.8 Å². The Balaban J connectivity index is 1.47. The molecule has 3 aromatic rings. The van der Waals surface area contributed by atoms with Crippen molar-refractivity contribution in [3.05, 3.63) is 48.7 Å². The van der Waals surface area contributed by atoms with Crippen LogP contribution in [0.1, 0.15) is 6.92 Å². The van der Waals surface area contributed by atoms with E-state index in [2.05, 4.69) is 64.1 Å². The lowest BCUT2D eigenvalue weighted by molar-refractivity contribution is 0.122. The molecule has 0 aliphatic carbocycles. The number of aromatic nitrogens is 2. The molecule has 2 aliphatic rings. The highest BCUT2D eigenvalue weighted by atomic mass is 16.5. The van der Waals surface area contributed by atoms with Crippen LogP contribution in [0.25, 0.3) is 22.2 Å². The normalized spacial score (nSPS) is 18.2. The maximum atomic E-state index is 5.46. The van der Waals surface area contributed by atoms with Gasteiger partial charge >= 0.3 is 0 Å². The van der Waals surface area contributed by atoms with Crippen molar-refractivity contribution in [2.75, 3.05) is 68.8 Å². The summed E-state index contributed by atoms with van der Waals surface area (Å²) >= 11 is 0. The number of fused-ring (bicyclic) bond motifs is 1. The van der Waals surface area contributed by atoms with Gasteiger partial charge in [0.2, 0.25) is 0 Å². The van der Waals surface area contributed by atoms with Crippen LogP contribution in [0.5, 0.6) is 0 Å². The molecule has 0 spiro atoms. The number of pyridine rings is 2. The number of rotatable bonds is 4. The lowest BCUT2D eigenvalue weighted by atomic mass is 10.1. The van der Waals surface area contributed by atoms with Crippen LogP contribution in [0, 0.1) is 0 Å². The summed E-state index contributed by atoms with van der Waals surface area (Å²) in [7, 11) is 0. The van der Waals surface area contributed by atoms with Crippen molar-refractivity contribution < 1.29 is 4.74 Å². The third kappa shape index (κ3) is 3.85. The molecule has 5 rings (SSSR count). The van der Waals surface area contributed by atoms with E-state index in [9.17, 15) is 0 Å². The van der Waals surface area contributed by atoms with Crippen LogP contribution in [0.3, 0.4) is 0 Å². The molecular weight excluding hydrogens is 374 g/mol. The van der Waals surface area contributed by atoms with Gasteiger partial charge in [-0.3, -0.25) is 4.98 Å². The zero-order valence-corrected chi connectivity index (χ0v) is 17.6. The summed E-state index contributed by atoms with van der Waals surface area (Å²) in [6.45, 7) is 10.9. The molecule has 0 radical (unpaired) electrons. The third-order valence-corrected chi connectivity index (χ3v) is 6.23. The van der Waals surface area contributed by atoms with Gasteiger partial charge in [-0.1, -0.05) is 31.2 Å². The van der Waals surface area contributed by atoms with Crippen molar-refractivity contribution >= 4 is 22.3 Å². The fraction of sp³-hybridized carbons (Fsp3) is 0.417. The topological polar surface area (TPSA) is 44.7 Å². The van der Waals surface area contributed by atoms with E-state index in [0.29, 0.717) is 0 Å². The SMILES string of the molecule is CCN1CCN(c2nc(-c3ccc(N4CCOCC4)cn3)cc3ccccc23)CC1. The molecule has 0 atom stereocenters. The predicted molar refractivity (Wildman–Crippen MR) is 122 cm³/mol. The van der Waals surface area contributed by atoms with Crippen LogP contribution in [-0.4, -0.2) is 73.9 Å². The standard InChI is InChI=1S/C24H29N5O/c1-2-27-9-11-29(12-10-27)24-21-6-4-3-5-19(21)17-23(26-24)22-8-7-20(18-25-22)28-13-15-30-16-14-28/h3-8,17-18H,2,9-16H2,1H3. The fourth-order valence-electron chi connectivity index (χ4n) is 4.37. The van der Waals surface area contributed by atoms with Gasteiger partial charge in [-0.15, -0.1) is 0 Å². The van der Waals surface area contributed by atoms with Gasteiger partial charge < -0.3 is 19.4 Å². The van der Waals surface area contributed by atoms with E-state index in [-0.39, 0.29) is 0 Å². The number of nitrogens with zero attached hydrogens (tertiary/aromatic N) is 5. The van der Waals surface area contributed by atoms with Crippen LogP contribution in [0.2, 0.25) is 0 Å². The summed E-state index contributed by atoms with van der Waals surface area (Å²) < 4.78 is 5.46. The maximum absolute atomic E-state index is 5.46. The molecule has 0 saturated carbocycles. The average molecular weight is 404 g/mol. The van der Waals surface area contributed by atoms with Gasteiger partial charge in [-0.25, -0.2) is 4.98 Å². The van der Waals surface area contributed by atoms with Crippen molar-refractivity contribution in [1.82, 2.24) is 14.9 Å². The second kappa shape index (κ2) is 8.58. The minimum absolute atomic E-state index is 0.780. The first-order valence-electron chi connectivity index (χ1n) is 11.0. The first-order valence-corrected chi connectivity index (χ1v) is 11.0. The minimum Gasteiger partial charge on any atom is -0.378 e. The molecule has 1 aromatic carbocycles. The molecule has 0 unspecified atom stereocenters. The zero-order valence-electron chi connectivity index (χ0n) is 17.6. The zero-order chi connectivity index (χ0) is 20.3. The number of hydrogen-bond donors (Lipinski definition) is 0. The Morgan fingerprint density at radius 3 is 2.40 bits per heavy atom. The van der Waals surface area contributed by atoms with E-state index in [1.807, 2.05) is 6.20 Å². The molecule has 0 N–H and O–H groups in total. The Hall–Kier alpha value is -2.70. The average Bonchev–Trinajstić information content (AvgIpc) is 2.84. The van der Waals surface area contributed by atoms with Gasteiger partial charge in [-0.2, -0.15) is 0 Å². The molecular formula is C24H29N5O. The highest BCUT2D eigenvalue weighted by molar-refractivity contribution is 5.94. The Morgan fingerprint density at radius 2 is 1.67 bits per heavy atom. The molecule has 2 fully saturated rings. The van der Waals surface area contributed by atoms with Crippen molar-refractivity contribution in [2.45, 2.75) is 6.92 Å². The quantitative estimate of drug-likeness (QED) is 0.666. The number of morpholine rings is 1. The lowest BCUT2D eigenvalue weighted by Crippen LogP contribution is -2.46. The molecule has 156 valence electrons. The smallest absolute Gasteiger partial charge is 0.137 e. The molecule has 6 nitrogen and oxygen atoms in total. The maximum Gasteiger partial charge on any atom is 0.137 e. The van der Waals surface area contributed by atoms with Crippen LogP contribution >= 0.6 is 0 Å². The largest absolute Gasteiger partial charge is 0.378 e. The van der Waals surface area contributed by atoms with Crippen LogP contribution in [0.4, 0.5) is 11.5 Å². The minimum atomic E-state index is 0.780. The summed E-state index contributed by atoms with van der Waals surface area (Å²) in [6.07, 6.45) is 1.97. The van der Waals surface area contributed by atoms with Gasteiger partial charge in [0, 0.05) is 44.7 Å². The van der Waals surface area contributed by atoms with Crippen LogP contribution in [-0.2, 0) is 4.74 Å². The second-order valence-electron chi connectivity index (χ2n) is 7.97. The Morgan fingerprint density at radius 1 is 0.867 bits per heavy atom. The molecule has 30 heavy (non-hydrogen) atoms. The van der Waals surface area contributed by atoms with Crippen LogP contribution in [0.15, 0.2) is 48.7 Å². The molecule has 2 aliphatic heterocycles. The van der Waals surface area contributed by atoms with Gasteiger partial charge in [-0.05, 0) is 30.1 Å². The summed E-state index contributed by atoms with van der Waals surface area (Å²) in [5.74, 6) is 1.08. The van der Waals surface area contributed by atoms with E-state index in [4.69, 9.17) is 14.7 Å². The highest BCUT2D eigenvalue weighted by Gasteiger charge is 2.20. The molecule has 0 bridgehead atoms. The van der Waals surface area contributed by atoms with E-state index in [0.717, 1.165) is 81.9 Å². The number of hydrogen-bond acceptors (Lipinski definition) is 6. The van der Waals surface area contributed by atoms with Gasteiger partial charge in [0.15, 0.2) is 0 Å². The first-order chi connectivity index (χ1) is 14.8. The fourth-order valence-corrected chi connectivity index (χ4v) is 4.37. The summed E-state index contributed by atoms with van der Waals surface area (Å²) in [5.41, 5.74) is 3.01. The first kappa shape index (κ1) is 19.3. The Bertz CT molecular complexity index is 992. The van der Waals surface area contributed by atoms with Crippen molar-refractivity contribution in [3.63, 3.8) is 0 Å². The molecule has 2 aromatic heterocycles. The number of likely N-dealkylation sites (N-methyl/N-ethyl adjacent to an activating group) is 1. The number of benzene rings is 1. The summed E-state index contributed by atoms with van der Waals surface area (Å²) in [5, 5.41) is 2.44. The van der Waals surface area contributed by atoms with Crippen molar-refractivity contribution in [2.24, 2.45) is 0 Å². The van der Waals surface area contributed by atoms with Gasteiger partial charge in [0.05, 0.1) is 36.5 Å². The Kier molecular flexibility index (Phi) is 5.51. The monoisotopic (exact) mass is 403 g/mol. The molecule has 6 heteroatoms. The van der Waals surface area contributed by atoms with Crippen LogP contribution < -0.4 is 9.80 Å². The number of piperazine rings is 1. The summed E-state index contributed by atoms with van der Waals surface area (Å²) in [6, 6.07) is 15.0. The van der Waals surface area contributed by atoms with E-state index >= 15 is 0 Å². The second-order valence-corrected chi connectivity index (χ2v) is 7.97. The molecule has 0 amide bonds.